The lowest BCUT2D eigenvalue weighted by molar-refractivity contribution is 0.0171. The average molecular weight is 278 g/mol. The topological polar surface area (TPSA) is 59.6 Å². The molecule has 5 nitrogen and oxygen atoms in total. The quantitative estimate of drug-likeness (QED) is 0.710. The number of unbranched alkanes of at least 4 members (excludes halogenated alkanes) is 1. The van der Waals surface area contributed by atoms with Crippen molar-refractivity contribution in [3.8, 4) is 0 Å². The molecule has 1 heterocycles. The molecule has 20 heavy (non-hydrogen) atoms. The Balaban J connectivity index is 1.43. The third-order valence-corrected chi connectivity index (χ3v) is 3.15. The van der Waals surface area contributed by atoms with Gasteiger partial charge in [0.25, 0.3) is 0 Å². The molecule has 0 aliphatic carbocycles. The maximum Gasteiger partial charge on any atom is 0.407 e. The van der Waals surface area contributed by atoms with Gasteiger partial charge in [-0.15, -0.1) is 0 Å². The zero-order valence-electron chi connectivity index (χ0n) is 11.6. The van der Waals surface area contributed by atoms with Crippen LogP contribution in [0.4, 0.5) is 4.79 Å². The number of benzene rings is 1. The molecule has 5 heteroatoms. The maximum absolute atomic E-state index is 11.4. The van der Waals surface area contributed by atoms with Crippen molar-refractivity contribution in [3.05, 3.63) is 35.9 Å². The average Bonchev–Trinajstić information content (AvgIpc) is 2.43. The molecule has 110 valence electrons. The van der Waals surface area contributed by atoms with E-state index in [2.05, 4.69) is 10.6 Å². The molecule has 0 atom stereocenters. The number of hydrogen-bond acceptors (Lipinski definition) is 4. The second kappa shape index (κ2) is 8.55. The SMILES string of the molecule is O=C(NCCCCOC1CNC1)OCc1ccccc1. The summed E-state index contributed by atoms with van der Waals surface area (Å²) in [7, 11) is 0. The standard InChI is InChI=1S/C15H22N2O3/c18-15(20-12-13-6-2-1-3-7-13)17-8-4-5-9-19-14-10-16-11-14/h1-3,6-7,14,16H,4-5,8-12H2,(H,17,18). The van der Waals surface area contributed by atoms with Gasteiger partial charge in [0.05, 0.1) is 6.10 Å². The Labute approximate surface area is 119 Å². The first-order chi connectivity index (χ1) is 9.84. The number of alkyl carbamates (subject to hydrolysis) is 1. The smallest absolute Gasteiger partial charge is 0.407 e. The predicted molar refractivity (Wildman–Crippen MR) is 76.5 cm³/mol. The van der Waals surface area contributed by atoms with E-state index in [0.29, 0.717) is 19.3 Å². The molecule has 0 radical (unpaired) electrons. The minimum atomic E-state index is -0.363. The first-order valence-corrected chi connectivity index (χ1v) is 7.11. The fourth-order valence-electron chi connectivity index (χ4n) is 1.82. The second-order valence-electron chi connectivity index (χ2n) is 4.85. The second-order valence-corrected chi connectivity index (χ2v) is 4.85. The summed E-state index contributed by atoms with van der Waals surface area (Å²) in [6.45, 7) is 3.62. The van der Waals surface area contributed by atoms with Crippen LogP contribution in [0.2, 0.25) is 0 Å². The molecule has 0 spiro atoms. The highest BCUT2D eigenvalue weighted by molar-refractivity contribution is 5.67. The Morgan fingerprint density at radius 1 is 1.25 bits per heavy atom. The van der Waals surface area contributed by atoms with Crippen LogP contribution in [0.3, 0.4) is 0 Å². The van der Waals surface area contributed by atoms with Crippen molar-refractivity contribution < 1.29 is 14.3 Å². The summed E-state index contributed by atoms with van der Waals surface area (Å²) in [6.07, 6.45) is 1.88. The van der Waals surface area contributed by atoms with Crippen molar-refractivity contribution in [1.29, 1.82) is 0 Å². The van der Waals surface area contributed by atoms with Crippen LogP contribution in [0.5, 0.6) is 0 Å². The number of hydrogen-bond donors (Lipinski definition) is 2. The largest absolute Gasteiger partial charge is 0.445 e. The van der Waals surface area contributed by atoms with Gasteiger partial charge in [-0.05, 0) is 18.4 Å². The Morgan fingerprint density at radius 3 is 2.75 bits per heavy atom. The van der Waals surface area contributed by atoms with Crippen LogP contribution >= 0.6 is 0 Å². The monoisotopic (exact) mass is 278 g/mol. The number of nitrogens with one attached hydrogen (secondary N) is 2. The minimum Gasteiger partial charge on any atom is -0.445 e. The molecule has 1 fully saturated rings. The van der Waals surface area contributed by atoms with E-state index in [1.165, 1.54) is 0 Å². The zero-order valence-corrected chi connectivity index (χ0v) is 11.6. The van der Waals surface area contributed by atoms with E-state index in [9.17, 15) is 4.79 Å². The highest BCUT2D eigenvalue weighted by Crippen LogP contribution is 2.01. The summed E-state index contributed by atoms with van der Waals surface area (Å²) in [5, 5.41) is 5.90. The lowest BCUT2D eigenvalue weighted by atomic mass is 10.2. The molecule has 0 aromatic heterocycles. The Kier molecular flexibility index (Phi) is 6.34. The Bertz CT molecular complexity index is 393. The van der Waals surface area contributed by atoms with Gasteiger partial charge in [0.2, 0.25) is 0 Å². The maximum atomic E-state index is 11.4. The molecule has 1 aliphatic rings. The molecule has 1 aliphatic heterocycles. The lowest BCUT2D eigenvalue weighted by Gasteiger charge is -2.27. The third-order valence-electron chi connectivity index (χ3n) is 3.15. The summed E-state index contributed by atoms with van der Waals surface area (Å²) in [5.41, 5.74) is 0.991. The molecule has 1 aromatic carbocycles. The van der Waals surface area contributed by atoms with Crippen molar-refractivity contribution >= 4 is 6.09 Å². The van der Waals surface area contributed by atoms with Crippen molar-refractivity contribution in [2.75, 3.05) is 26.2 Å². The number of amides is 1. The normalized spacial score (nSPS) is 14.6. The van der Waals surface area contributed by atoms with E-state index >= 15 is 0 Å². The van der Waals surface area contributed by atoms with Crippen LogP contribution in [0.1, 0.15) is 18.4 Å². The third kappa shape index (κ3) is 5.59. The van der Waals surface area contributed by atoms with Crippen molar-refractivity contribution in [2.45, 2.75) is 25.6 Å². The van der Waals surface area contributed by atoms with Gasteiger partial charge >= 0.3 is 6.09 Å². The van der Waals surface area contributed by atoms with E-state index in [-0.39, 0.29) is 6.09 Å². The van der Waals surface area contributed by atoms with E-state index in [1.807, 2.05) is 30.3 Å². The van der Waals surface area contributed by atoms with E-state index in [0.717, 1.165) is 38.1 Å². The fourth-order valence-corrected chi connectivity index (χ4v) is 1.82. The van der Waals surface area contributed by atoms with Gasteiger partial charge in [0, 0.05) is 26.2 Å². The fraction of sp³-hybridized carbons (Fsp3) is 0.533. The minimum absolute atomic E-state index is 0.310. The van der Waals surface area contributed by atoms with Crippen LogP contribution in [0, 0.1) is 0 Å². The number of carbonyl (C=O) groups is 1. The van der Waals surface area contributed by atoms with Gasteiger partial charge in [0.1, 0.15) is 6.61 Å². The molecule has 1 saturated heterocycles. The molecule has 2 N–H and O–H groups in total. The Morgan fingerprint density at radius 2 is 2.05 bits per heavy atom. The first kappa shape index (κ1) is 14.8. The van der Waals surface area contributed by atoms with Gasteiger partial charge in [-0.2, -0.15) is 0 Å². The lowest BCUT2D eigenvalue weighted by Crippen LogP contribution is -2.48. The molecule has 2 rings (SSSR count). The molecule has 0 unspecified atom stereocenters. The first-order valence-electron chi connectivity index (χ1n) is 7.11. The van der Waals surface area contributed by atoms with Crippen LogP contribution in [-0.2, 0) is 16.1 Å². The summed E-state index contributed by atoms with van der Waals surface area (Å²) in [6, 6.07) is 9.65. The summed E-state index contributed by atoms with van der Waals surface area (Å²) in [4.78, 5) is 11.4. The number of carbonyl (C=O) groups excluding carboxylic acids is 1. The highest BCUT2D eigenvalue weighted by atomic mass is 16.5. The highest BCUT2D eigenvalue weighted by Gasteiger charge is 2.16. The van der Waals surface area contributed by atoms with Crippen LogP contribution in [0.25, 0.3) is 0 Å². The van der Waals surface area contributed by atoms with Crippen molar-refractivity contribution in [2.24, 2.45) is 0 Å². The van der Waals surface area contributed by atoms with Gasteiger partial charge in [0.15, 0.2) is 0 Å². The van der Waals surface area contributed by atoms with Crippen LogP contribution < -0.4 is 10.6 Å². The Hall–Kier alpha value is -1.59. The van der Waals surface area contributed by atoms with Gasteiger partial charge in [-0.25, -0.2) is 4.79 Å². The van der Waals surface area contributed by atoms with E-state index < -0.39 is 0 Å². The predicted octanol–water partition coefficient (Wildman–Crippen LogP) is 1.68. The molecule has 0 saturated carbocycles. The van der Waals surface area contributed by atoms with Crippen molar-refractivity contribution in [3.63, 3.8) is 0 Å². The summed E-state index contributed by atoms with van der Waals surface area (Å²) >= 11 is 0. The van der Waals surface area contributed by atoms with Gasteiger partial charge in [-0.1, -0.05) is 30.3 Å². The zero-order chi connectivity index (χ0) is 14.0. The summed E-state index contributed by atoms with van der Waals surface area (Å²) in [5.74, 6) is 0. The van der Waals surface area contributed by atoms with Crippen LogP contribution in [-0.4, -0.2) is 38.4 Å². The molecular formula is C15H22N2O3. The van der Waals surface area contributed by atoms with Gasteiger partial charge < -0.3 is 20.1 Å². The summed E-state index contributed by atoms with van der Waals surface area (Å²) < 4.78 is 10.7. The molecular weight excluding hydrogens is 256 g/mol. The number of ether oxygens (including phenoxy) is 2. The molecule has 1 aromatic rings. The number of rotatable bonds is 8. The van der Waals surface area contributed by atoms with Crippen molar-refractivity contribution in [1.82, 2.24) is 10.6 Å². The van der Waals surface area contributed by atoms with Gasteiger partial charge in [-0.3, -0.25) is 0 Å². The molecule has 1 amide bonds. The molecule has 0 bridgehead atoms. The van der Waals surface area contributed by atoms with Crippen LogP contribution in [0.15, 0.2) is 30.3 Å². The van der Waals surface area contributed by atoms with E-state index in [1.54, 1.807) is 0 Å². The van der Waals surface area contributed by atoms with E-state index in [4.69, 9.17) is 9.47 Å².